The van der Waals surface area contributed by atoms with Gasteiger partial charge in [-0.05, 0) is 31.2 Å². The van der Waals surface area contributed by atoms with Crippen molar-refractivity contribution in [2.45, 2.75) is 19.9 Å². The van der Waals surface area contributed by atoms with E-state index >= 15 is 0 Å². The van der Waals surface area contributed by atoms with E-state index in [9.17, 15) is 24.5 Å². The predicted molar refractivity (Wildman–Crippen MR) is 116 cm³/mol. The number of imidazole rings is 1. The number of rotatable bonds is 9. The molecule has 168 valence electrons. The van der Waals surface area contributed by atoms with Gasteiger partial charge in [0.15, 0.2) is 6.61 Å². The van der Waals surface area contributed by atoms with Crippen molar-refractivity contribution in [3.63, 3.8) is 0 Å². The van der Waals surface area contributed by atoms with Crippen LogP contribution in [0.1, 0.15) is 13.3 Å². The molecule has 3 rings (SSSR count). The van der Waals surface area contributed by atoms with Crippen LogP contribution in [0.5, 0.6) is 5.75 Å². The van der Waals surface area contributed by atoms with Gasteiger partial charge >= 0.3 is 11.7 Å². The van der Waals surface area contributed by atoms with Gasteiger partial charge in [0.2, 0.25) is 0 Å². The van der Waals surface area contributed by atoms with E-state index in [1.807, 2.05) is 6.07 Å². The van der Waals surface area contributed by atoms with Crippen LogP contribution in [0.15, 0.2) is 47.3 Å². The monoisotopic (exact) mass is 442 g/mol. The molecule has 0 spiro atoms. The molecule has 0 saturated heterocycles. The van der Waals surface area contributed by atoms with Crippen molar-refractivity contribution < 1.29 is 24.0 Å². The van der Waals surface area contributed by atoms with E-state index < -0.39 is 23.4 Å². The molecule has 1 amide bonds. The third-order valence-electron chi connectivity index (χ3n) is 4.71. The number of nitro groups is 1. The smallest absolute Gasteiger partial charge is 0.328 e. The number of nitro benzene ring substituents is 1. The lowest BCUT2D eigenvalue weighted by molar-refractivity contribution is -0.384. The van der Waals surface area contributed by atoms with Crippen molar-refractivity contribution in [2.75, 3.05) is 18.5 Å². The SMILES string of the molecule is CCOc1ccc(NC(=O)COC(=O)CCn2c(=O)n(C)c3ccccc32)c([N+](=O)[O-])c1. The summed E-state index contributed by atoms with van der Waals surface area (Å²) in [5, 5.41) is 13.6. The van der Waals surface area contributed by atoms with Crippen molar-refractivity contribution in [2.24, 2.45) is 7.05 Å². The van der Waals surface area contributed by atoms with Crippen molar-refractivity contribution >= 4 is 34.3 Å². The highest BCUT2D eigenvalue weighted by molar-refractivity contribution is 5.95. The first-order valence-corrected chi connectivity index (χ1v) is 9.82. The Morgan fingerprint density at radius 3 is 2.56 bits per heavy atom. The Hall–Kier alpha value is -4.15. The Morgan fingerprint density at radius 1 is 1.16 bits per heavy atom. The Bertz CT molecular complexity index is 1230. The molecular weight excluding hydrogens is 420 g/mol. The first kappa shape index (κ1) is 22.5. The minimum absolute atomic E-state index is 0.0400. The molecule has 2 aromatic carbocycles. The van der Waals surface area contributed by atoms with Gasteiger partial charge in [0.05, 0.1) is 35.1 Å². The number of fused-ring (bicyclic) bond motifs is 1. The summed E-state index contributed by atoms with van der Waals surface area (Å²) in [6, 6.07) is 11.2. The molecule has 11 nitrogen and oxygen atoms in total. The highest BCUT2D eigenvalue weighted by Crippen LogP contribution is 2.29. The third kappa shape index (κ3) is 4.94. The Kier molecular flexibility index (Phi) is 6.88. The summed E-state index contributed by atoms with van der Waals surface area (Å²) in [6.45, 7) is 1.55. The number of carbonyl (C=O) groups is 2. The number of aryl methyl sites for hydroxylation is 2. The van der Waals surface area contributed by atoms with Gasteiger partial charge in [-0.3, -0.25) is 28.8 Å². The number of aromatic nitrogens is 2. The van der Waals surface area contributed by atoms with Gasteiger partial charge in [-0.15, -0.1) is 0 Å². The second-order valence-electron chi connectivity index (χ2n) is 6.81. The molecule has 32 heavy (non-hydrogen) atoms. The number of benzene rings is 2. The molecule has 11 heteroatoms. The van der Waals surface area contributed by atoms with Gasteiger partial charge in [0.25, 0.3) is 11.6 Å². The maximum absolute atomic E-state index is 12.4. The van der Waals surface area contributed by atoms with Gasteiger partial charge in [0.1, 0.15) is 11.4 Å². The van der Waals surface area contributed by atoms with E-state index in [0.29, 0.717) is 17.9 Å². The molecule has 0 atom stereocenters. The summed E-state index contributed by atoms with van der Waals surface area (Å²) in [4.78, 5) is 47.2. The average Bonchev–Trinajstić information content (AvgIpc) is 3.02. The van der Waals surface area contributed by atoms with Crippen LogP contribution in [0.2, 0.25) is 0 Å². The van der Waals surface area contributed by atoms with Gasteiger partial charge < -0.3 is 14.8 Å². The van der Waals surface area contributed by atoms with Crippen molar-refractivity contribution in [1.29, 1.82) is 0 Å². The van der Waals surface area contributed by atoms with Crippen LogP contribution < -0.4 is 15.7 Å². The maximum Gasteiger partial charge on any atom is 0.328 e. The zero-order chi connectivity index (χ0) is 23.3. The molecule has 3 aromatic rings. The van der Waals surface area contributed by atoms with Crippen LogP contribution in [0.3, 0.4) is 0 Å². The van der Waals surface area contributed by atoms with E-state index in [-0.39, 0.29) is 30.0 Å². The summed E-state index contributed by atoms with van der Waals surface area (Å²) in [5.74, 6) is -1.11. The minimum atomic E-state index is -0.729. The van der Waals surface area contributed by atoms with Gasteiger partial charge in [-0.2, -0.15) is 0 Å². The number of anilines is 1. The third-order valence-corrected chi connectivity index (χ3v) is 4.71. The molecule has 0 bridgehead atoms. The van der Waals surface area contributed by atoms with Crippen molar-refractivity contribution in [3.05, 3.63) is 63.1 Å². The van der Waals surface area contributed by atoms with E-state index in [1.165, 1.54) is 27.3 Å². The van der Waals surface area contributed by atoms with E-state index in [4.69, 9.17) is 9.47 Å². The summed E-state index contributed by atoms with van der Waals surface area (Å²) in [6.07, 6.45) is -0.121. The lowest BCUT2D eigenvalue weighted by Crippen LogP contribution is -2.25. The number of hydrogen-bond donors (Lipinski definition) is 1. The fourth-order valence-electron chi connectivity index (χ4n) is 3.21. The van der Waals surface area contributed by atoms with Gasteiger partial charge in [0, 0.05) is 13.6 Å². The number of hydrogen-bond acceptors (Lipinski definition) is 7. The molecule has 1 N–H and O–H groups in total. The molecule has 1 aromatic heterocycles. The first-order valence-electron chi connectivity index (χ1n) is 9.82. The highest BCUT2D eigenvalue weighted by Gasteiger charge is 2.18. The first-order chi connectivity index (χ1) is 15.3. The minimum Gasteiger partial charge on any atom is -0.494 e. The Labute approximate surface area is 182 Å². The maximum atomic E-state index is 12.4. The number of para-hydroxylation sites is 2. The lowest BCUT2D eigenvalue weighted by Gasteiger charge is -2.09. The lowest BCUT2D eigenvalue weighted by atomic mass is 10.2. The highest BCUT2D eigenvalue weighted by atomic mass is 16.6. The van der Waals surface area contributed by atoms with Gasteiger partial charge in [-0.1, -0.05) is 12.1 Å². The van der Waals surface area contributed by atoms with Crippen LogP contribution in [0, 0.1) is 10.1 Å². The number of nitrogens with zero attached hydrogens (tertiary/aromatic N) is 3. The standard InChI is InChI=1S/C21H22N4O7/c1-3-31-14-8-9-15(18(12-14)25(29)30)22-19(26)13-32-20(27)10-11-24-17-7-5-4-6-16(17)23(2)21(24)28/h4-9,12H,3,10-11,13H2,1-2H3,(H,22,26). The van der Waals surface area contributed by atoms with Crippen LogP contribution in [0.4, 0.5) is 11.4 Å². The predicted octanol–water partition coefficient (Wildman–Crippen LogP) is 2.22. The number of amides is 1. The quantitative estimate of drug-likeness (QED) is 0.305. The number of nitrogens with one attached hydrogen (secondary N) is 1. The Balaban J connectivity index is 1.57. The molecule has 0 unspecified atom stereocenters. The molecule has 0 aliphatic rings. The number of ether oxygens (including phenoxy) is 2. The van der Waals surface area contributed by atoms with Crippen LogP contribution >= 0.6 is 0 Å². The molecule has 1 heterocycles. The van der Waals surface area contributed by atoms with E-state index in [0.717, 1.165) is 5.52 Å². The fourth-order valence-corrected chi connectivity index (χ4v) is 3.21. The number of esters is 1. The molecule has 0 aliphatic carbocycles. The molecular formula is C21H22N4O7. The molecule has 0 fully saturated rings. The van der Waals surface area contributed by atoms with Crippen molar-refractivity contribution in [3.8, 4) is 5.75 Å². The van der Waals surface area contributed by atoms with E-state index in [1.54, 1.807) is 32.2 Å². The fraction of sp³-hybridized carbons (Fsp3) is 0.286. The second kappa shape index (κ2) is 9.77. The average molecular weight is 442 g/mol. The summed E-state index contributed by atoms with van der Waals surface area (Å²) < 4.78 is 13.1. The Morgan fingerprint density at radius 2 is 1.88 bits per heavy atom. The normalized spacial score (nSPS) is 10.7. The van der Waals surface area contributed by atoms with Crippen molar-refractivity contribution in [1.82, 2.24) is 9.13 Å². The summed E-state index contributed by atoms with van der Waals surface area (Å²) in [5.41, 5.74) is 0.780. The van der Waals surface area contributed by atoms with Crippen LogP contribution in [0.25, 0.3) is 11.0 Å². The summed E-state index contributed by atoms with van der Waals surface area (Å²) >= 11 is 0. The largest absolute Gasteiger partial charge is 0.494 e. The van der Waals surface area contributed by atoms with Crippen LogP contribution in [-0.2, 0) is 27.9 Å². The zero-order valence-corrected chi connectivity index (χ0v) is 17.6. The molecule has 0 saturated carbocycles. The summed E-state index contributed by atoms with van der Waals surface area (Å²) in [7, 11) is 1.64. The second-order valence-corrected chi connectivity index (χ2v) is 6.81. The number of carbonyl (C=O) groups excluding carboxylic acids is 2. The molecule has 0 radical (unpaired) electrons. The van der Waals surface area contributed by atoms with Crippen LogP contribution in [-0.4, -0.2) is 39.1 Å². The zero-order valence-electron chi connectivity index (χ0n) is 17.6. The topological polar surface area (TPSA) is 135 Å². The van der Waals surface area contributed by atoms with Gasteiger partial charge in [-0.25, -0.2) is 4.79 Å². The molecule has 0 aliphatic heterocycles. The van der Waals surface area contributed by atoms with E-state index in [2.05, 4.69) is 5.32 Å².